The Balaban J connectivity index is 2.24. The van der Waals surface area contributed by atoms with Crippen LogP contribution in [0.4, 0.5) is 4.39 Å². The molecule has 1 atom stereocenters. The van der Waals surface area contributed by atoms with Crippen LogP contribution in [0, 0.1) is 11.7 Å². The molecule has 1 fully saturated rings. The standard InChI is InChI=1S/C14H18FNO/c1-9(2)14(16-8-17)11-5-6-12(10-3-4-10)13(15)7-11/h5-10,14H,3-4H2,1-2H3,(H,16,17). The maximum Gasteiger partial charge on any atom is 0.207 e. The second-order valence-electron chi connectivity index (χ2n) is 5.06. The van der Waals surface area contributed by atoms with E-state index in [0.717, 1.165) is 24.0 Å². The van der Waals surface area contributed by atoms with E-state index in [1.165, 1.54) is 0 Å². The van der Waals surface area contributed by atoms with Crippen LogP contribution in [0.2, 0.25) is 0 Å². The average molecular weight is 235 g/mol. The molecule has 0 saturated heterocycles. The summed E-state index contributed by atoms with van der Waals surface area (Å²) >= 11 is 0. The zero-order chi connectivity index (χ0) is 12.4. The summed E-state index contributed by atoms with van der Waals surface area (Å²) in [5.74, 6) is 0.523. The molecular weight excluding hydrogens is 217 g/mol. The molecule has 1 saturated carbocycles. The van der Waals surface area contributed by atoms with E-state index in [9.17, 15) is 9.18 Å². The zero-order valence-electron chi connectivity index (χ0n) is 10.2. The van der Waals surface area contributed by atoms with E-state index < -0.39 is 0 Å². The molecule has 1 aliphatic rings. The third-order valence-electron chi connectivity index (χ3n) is 3.32. The van der Waals surface area contributed by atoms with Gasteiger partial charge in [0.15, 0.2) is 0 Å². The van der Waals surface area contributed by atoms with Crippen molar-refractivity contribution in [1.29, 1.82) is 0 Å². The summed E-state index contributed by atoms with van der Waals surface area (Å²) in [6, 6.07) is 5.24. The number of halogens is 1. The second-order valence-corrected chi connectivity index (χ2v) is 5.06. The van der Waals surface area contributed by atoms with Crippen molar-refractivity contribution in [2.24, 2.45) is 5.92 Å². The molecule has 1 aromatic rings. The van der Waals surface area contributed by atoms with E-state index in [2.05, 4.69) is 5.32 Å². The predicted octanol–water partition coefficient (Wildman–Crippen LogP) is 3.15. The highest BCUT2D eigenvalue weighted by molar-refractivity contribution is 5.48. The van der Waals surface area contributed by atoms with Crippen LogP contribution in [-0.2, 0) is 4.79 Å². The summed E-state index contributed by atoms with van der Waals surface area (Å²) in [5, 5.41) is 2.74. The molecule has 0 aromatic heterocycles. The van der Waals surface area contributed by atoms with E-state index in [1.807, 2.05) is 26.0 Å². The van der Waals surface area contributed by atoms with Crippen LogP contribution in [0.5, 0.6) is 0 Å². The van der Waals surface area contributed by atoms with Gasteiger partial charge in [0.2, 0.25) is 6.41 Å². The smallest absolute Gasteiger partial charge is 0.207 e. The van der Waals surface area contributed by atoms with Crippen molar-refractivity contribution in [2.75, 3.05) is 0 Å². The number of hydrogen-bond donors (Lipinski definition) is 1. The number of hydrogen-bond acceptors (Lipinski definition) is 1. The van der Waals surface area contributed by atoms with Crippen molar-refractivity contribution in [2.45, 2.75) is 38.6 Å². The Morgan fingerprint density at radius 3 is 2.59 bits per heavy atom. The molecule has 2 nitrogen and oxygen atoms in total. The summed E-state index contributed by atoms with van der Waals surface area (Å²) in [4.78, 5) is 10.6. The number of benzene rings is 1. The molecule has 92 valence electrons. The van der Waals surface area contributed by atoms with Crippen molar-refractivity contribution in [1.82, 2.24) is 5.32 Å². The van der Waals surface area contributed by atoms with Gasteiger partial charge in [0.1, 0.15) is 5.82 Å². The van der Waals surface area contributed by atoms with Crippen molar-refractivity contribution in [3.63, 3.8) is 0 Å². The Morgan fingerprint density at radius 1 is 1.41 bits per heavy atom. The monoisotopic (exact) mass is 235 g/mol. The summed E-state index contributed by atoms with van der Waals surface area (Å²) in [5.41, 5.74) is 1.66. The lowest BCUT2D eigenvalue weighted by Crippen LogP contribution is -2.24. The second kappa shape index (κ2) is 4.86. The number of carbonyl (C=O) groups is 1. The molecular formula is C14H18FNO. The van der Waals surface area contributed by atoms with Crippen molar-refractivity contribution in [3.05, 3.63) is 35.1 Å². The Bertz CT molecular complexity index is 413. The fourth-order valence-electron chi connectivity index (χ4n) is 2.21. The lowest BCUT2D eigenvalue weighted by Gasteiger charge is -2.21. The number of amides is 1. The van der Waals surface area contributed by atoms with Gasteiger partial charge in [0, 0.05) is 0 Å². The predicted molar refractivity (Wildman–Crippen MR) is 65.2 cm³/mol. The third kappa shape index (κ3) is 2.65. The van der Waals surface area contributed by atoms with Crippen LogP contribution < -0.4 is 5.32 Å². The fraction of sp³-hybridized carbons (Fsp3) is 0.500. The maximum absolute atomic E-state index is 13.9. The molecule has 2 rings (SSSR count). The third-order valence-corrected chi connectivity index (χ3v) is 3.32. The molecule has 0 bridgehead atoms. The van der Waals surface area contributed by atoms with E-state index in [0.29, 0.717) is 12.3 Å². The zero-order valence-corrected chi connectivity index (χ0v) is 10.2. The highest BCUT2D eigenvalue weighted by Crippen LogP contribution is 2.41. The van der Waals surface area contributed by atoms with Crippen LogP contribution in [0.15, 0.2) is 18.2 Å². The lowest BCUT2D eigenvalue weighted by atomic mass is 9.94. The van der Waals surface area contributed by atoms with E-state index in [-0.39, 0.29) is 17.8 Å². The van der Waals surface area contributed by atoms with Gasteiger partial charge in [-0.15, -0.1) is 0 Å². The average Bonchev–Trinajstić information content (AvgIpc) is 3.09. The summed E-state index contributed by atoms with van der Waals surface area (Å²) < 4.78 is 13.9. The first-order valence-electron chi connectivity index (χ1n) is 6.12. The van der Waals surface area contributed by atoms with Crippen LogP contribution in [-0.4, -0.2) is 6.41 Å². The minimum absolute atomic E-state index is 0.116. The van der Waals surface area contributed by atoms with Gasteiger partial charge in [-0.05, 0) is 41.9 Å². The van der Waals surface area contributed by atoms with Crippen molar-refractivity contribution < 1.29 is 9.18 Å². The molecule has 0 spiro atoms. The molecule has 1 amide bonds. The van der Waals surface area contributed by atoms with Gasteiger partial charge in [-0.3, -0.25) is 4.79 Å². The first-order chi connectivity index (χ1) is 8.13. The molecule has 17 heavy (non-hydrogen) atoms. The molecule has 0 radical (unpaired) electrons. The van der Waals surface area contributed by atoms with Gasteiger partial charge >= 0.3 is 0 Å². The van der Waals surface area contributed by atoms with Crippen LogP contribution in [0.25, 0.3) is 0 Å². The SMILES string of the molecule is CC(C)C(NC=O)c1ccc(C2CC2)c(F)c1. The van der Waals surface area contributed by atoms with Crippen LogP contribution in [0.1, 0.15) is 49.8 Å². The number of carbonyl (C=O) groups excluding carboxylic acids is 1. The minimum atomic E-state index is -0.136. The maximum atomic E-state index is 13.9. The van der Waals surface area contributed by atoms with Gasteiger partial charge in [-0.2, -0.15) is 0 Å². The quantitative estimate of drug-likeness (QED) is 0.780. The normalized spacial score (nSPS) is 16.9. The summed E-state index contributed by atoms with van der Waals surface area (Å²) in [6.07, 6.45) is 2.87. The van der Waals surface area contributed by atoms with Crippen LogP contribution in [0.3, 0.4) is 0 Å². The summed E-state index contributed by atoms with van der Waals surface area (Å²) in [7, 11) is 0. The van der Waals surface area contributed by atoms with Gasteiger partial charge in [0.25, 0.3) is 0 Å². The largest absolute Gasteiger partial charge is 0.352 e. The van der Waals surface area contributed by atoms with Crippen molar-refractivity contribution >= 4 is 6.41 Å². The van der Waals surface area contributed by atoms with Crippen molar-refractivity contribution in [3.8, 4) is 0 Å². The first kappa shape index (κ1) is 12.1. The topological polar surface area (TPSA) is 29.1 Å². The van der Waals surface area contributed by atoms with E-state index in [4.69, 9.17) is 0 Å². The molecule has 0 heterocycles. The molecule has 1 aliphatic carbocycles. The lowest BCUT2D eigenvalue weighted by molar-refractivity contribution is -0.110. The Hall–Kier alpha value is -1.38. The molecule has 1 N–H and O–H groups in total. The first-order valence-corrected chi connectivity index (χ1v) is 6.12. The summed E-state index contributed by atoms with van der Waals surface area (Å²) in [6.45, 7) is 4.02. The van der Waals surface area contributed by atoms with Gasteiger partial charge in [0.05, 0.1) is 6.04 Å². The van der Waals surface area contributed by atoms with Gasteiger partial charge in [-0.1, -0.05) is 26.0 Å². The van der Waals surface area contributed by atoms with E-state index in [1.54, 1.807) is 6.07 Å². The van der Waals surface area contributed by atoms with E-state index >= 15 is 0 Å². The van der Waals surface area contributed by atoms with Crippen LogP contribution >= 0.6 is 0 Å². The van der Waals surface area contributed by atoms with Gasteiger partial charge in [-0.25, -0.2) is 4.39 Å². The Labute approximate surface area is 101 Å². The molecule has 1 aromatic carbocycles. The molecule has 3 heteroatoms. The molecule has 0 aliphatic heterocycles. The number of rotatable bonds is 5. The number of nitrogens with one attached hydrogen (secondary N) is 1. The minimum Gasteiger partial charge on any atom is -0.352 e. The fourth-order valence-corrected chi connectivity index (χ4v) is 2.21. The Morgan fingerprint density at radius 2 is 2.12 bits per heavy atom. The molecule has 1 unspecified atom stereocenters. The Kier molecular flexibility index (Phi) is 3.46. The van der Waals surface area contributed by atoms with Gasteiger partial charge < -0.3 is 5.32 Å². The highest BCUT2D eigenvalue weighted by atomic mass is 19.1. The highest BCUT2D eigenvalue weighted by Gasteiger charge is 2.27.